The largest absolute Gasteiger partial charge is 0.323 e. The van der Waals surface area contributed by atoms with Crippen LogP contribution in [0.5, 0.6) is 0 Å². The summed E-state index contributed by atoms with van der Waals surface area (Å²) >= 11 is 0. The van der Waals surface area contributed by atoms with Crippen LogP contribution in [-0.4, -0.2) is 16.5 Å². The van der Waals surface area contributed by atoms with Gasteiger partial charge < -0.3 is 15.3 Å². The number of fused-ring (bicyclic) bond motifs is 1. The van der Waals surface area contributed by atoms with E-state index in [4.69, 9.17) is 0 Å². The van der Waals surface area contributed by atoms with E-state index in [-0.39, 0.29) is 5.69 Å². The zero-order chi connectivity index (χ0) is 15.1. The molecule has 0 amide bonds. The first-order chi connectivity index (χ1) is 10.2. The van der Waals surface area contributed by atoms with Crippen LogP contribution in [0.25, 0.3) is 11.0 Å². The number of aromatic nitrogens is 2. The van der Waals surface area contributed by atoms with Crippen LogP contribution >= 0.6 is 0 Å². The van der Waals surface area contributed by atoms with Gasteiger partial charge in [0.2, 0.25) is 0 Å². The highest BCUT2D eigenvalue weighted by atomic mass is 16.1. The standard InChI is InChI=1S/C17H27N3O/c1-3-4-5-6-7-8-11-18-13(2)14-9-10-15-16(12-14)20-17(21)19-15/h9-10,12-13,18H,3-8,11H2,1-2H3,(H2,19,20,21). The number of imidazole rings is 1. The average Bonchev–Trinajstić information content (AvgIpc) is 2.85. The van der Waals surface area contributed by atoms with Gasteiger partial charge in [-0.25, -0.2) is 4.79 Å². The third kappa shape index (κ3) is 4.74. The fourth-order valence-corrected chi connectivity index (χ4v) is 2.66. The Morgan fingerprint density at radius 3 is 2.57 bits per heavy atom. The first kappa shape index (κ1) is 15.8. The van der Waals surface area contributed by atoms with E-state index in [1.54, 1.807) is 0 Å². The summed E-state index contributed by atoms with van der Waals surface area (Å²) in [7, 11) is 0. The predicted octanol–water partition coefficient (Wildman–Crippen LogP) is 3.87. The molecule has 0 fully saturated rings. The number of aromatic amines is 2. The van der Waals surface area contributed by atoms with Gasteiger partial charge in [0, 0.05) is 6.04 Å². The molecule has 0 aliphatic carbocycles. The second kappa shape index (κ2) is 8.03. The summed E-state index contributed by atoms with van der Waals surface area (Å²) in [4.78, 5) is 16.8. The van der Waals surface area contributed by atoms with Crippen LogP contribution in [0, 0.1) is 0 Å². The summed E-state index contributed by atoms with van der Waals surface area (Å²) in [5.74, 6) is 0. The molecule has 0 aliphatic rings. The van der Waals surface area contributed by atoms with Gasteiger partial charge >= 0.3 is 5.69 Å². The van der Waals surface area contributed by atoms with Crippen molar-refractivity contribution in [3.63, 3.8) is 0 Å². The molecule has 4 nitrogen and oxygen atoms in total. The summed E-state index contributed by atoms with van der Waals surface area (Å²) in [6, 6.07) is 6.39. The Balaban J connectivity index is 1.76. The monoisotopic (exact) mass is 289 g/mol. The van der Waals surface area contributed by atoms with Crippen molar-refractivity contribution in [2.24, 2.45) is 0 Å². The molecule has 0 saturated carbocycles. The summed E-state index contributed by atoms with van der Waals surface area (Å²) in [6.45, 7) is 5.47. The van der Waals surface area contributed by atoms with Crippen LogP contribution in [0.1, 0.15) is 64.0 Å². The highest BCUT2D eigenvalue weighted by Gasteiger charge is 2.06. The average molecular weight is 289 g/mol. The fraction of sp³-hybridized carbons (Fsp3) is 0.588. The van der Waals surface area contributed by atoms with Crippen molar-refractivity contribution in [3.8, 4) is 0 Å². The minimum Gasteiger partial charge on any atom is -0.310 e. The van der Waals surface area contributed by atoms with Crippen molar-refractivity contribution in [1.29, 1.82) is 0 Å². The quantitative estimate of drug-likeness (QED) is 0.614. The van der Waals surface area contributed by atoms with Crippen LogP contribution in [0.15, 0.2) is 23.0 Å². The smallest absolute Gasteiger partial charge is 0.310 e. The van der Waals surface area contributed by atoms with Crippen molar-refractivity contribution in [1.82, 2.24) is 15.3 Å². The molecule has 2 aromatic rings. The van der Waals surface area contributed by atoms with E-state index >= 15 is 0 Å². The molecule has 1 atom stereocenters. The molecule has 116 valence electrons. The molecule has 1 aromatic heterocycles. The number of benzene rings is 1. The first-order valence-corrected chi connectivity index (χ1v) is 8.16. The first-order valence-electron chi connectivity index (χ1n) is 8.16. The van der Waals surface area contributed by atoms with E-state index in [1.165, 1.54) is 44.1 Å². The Kier molecular flexibility index (Phi) is 6.05. The van der Waals surface area contributed by atoms with Crippen LogP contribution in [0.3, 0.4) is 0 Å². The molecule has 0 spiro atoms. The van der Waals surface area contributed by atoms with Gasteiger partial charge in [-0.15, -0.1) is 0 Å². The fourth-order valence-electron chi connectivity index (χ4n) is 2.66. The molecule has 4 heteroatoms. The number of nitrogens with one attached hydrogen (secondary N) is 3. The maximum Gasteiger partial charge on any atom is 0.323 e. The summed E-state index contributed by atoms with van der Waals surface area (Å²) in [6.07, 6.45) is 7.92. The molecular formula is C17H27N3O. The van der Waals surface area contributed by atoms with Gasteiger partial charge in [0.15, 0.2) is 0 Å². The molecule has 1 aromatic carbocycles. The van der Waals surface area contributed by atoms with Gasteiger partial charge in [-0.05, 0) is 37.6 Å². The van der Waals surface area contributed by atoms with Gasteiger partial charge in [0.1, 0.15) is 0 Å². The van der Waals surface area contributed by atoms with E-state index < -0.39 is 0 Å². The number of rotatable bonds is 9. The molecule has 0 aliphatic heterocycles. The third-order valence-electron chi connectivity index (χ3n) is 4.02. The van der Waals surface area contributed by atoms with Gasteiger partial charge in [-0.1, -0.05) is 45.1 Å². The molecule has 0 radical (unpaired) electrons. The van der Waals surface area contributed by atoms with E-state index in [1.807, 2.05) is 12.1 Å². The zero-order valence-electron chi connectivity index (χ0n) is 13.2. The molecule has 3 N–H and O–H groups in total. The lowest BCUT2D eigenvalue weighted by Gasteiger charge is -2.14. The van der Waals surface area contributed by atoms with Crippen LogP contribution < -0.4 is 11.0 Å². The Morgan fingerprint density at radius 1 is 1.05 bits per heavy atom. The van der Waals surface area contributed by atoms with Crippen LogP contribution in [0.4, 0.5) is 0 Å². The van der Waals surface area contributed by atoms with E-state index in [9.17, 15) is 4.79 Å². The Bertz CT molecular complexity index is 599. The topological polar surface area (TPSA) is 60.7 Å². The van der Waals surface area contributed by atoms with Crippen LogP contribution in [0.2, 0.25) is 0 Å². The Hall–Kier alpha value is -1.55. The number of H-pyrrole nitrogens is 2. The molecule has 1 heterocycles. The van der Waals surface area contributed by atoms with Crippen molar-refractivity contribution in [2.45, 2.75) is 58.4 Å². The van der Waals surface area contributed by atoms with Crippen molar-refractivity contribution in [3.05, 3.63) is 34.2 Å². The molecular weight excluding hydrogens is 262 g/mol. The van der Waals surface area contributed by atoms with Gasteiger partial charge in [0.25, 0.3) is 0 Å². The number of unbranched alkanes of at least 4 members (excludes halogenated alkanes) is 5. The molecule has 0 bridgehead atoms. The lowest BCUT2D eigenvalue weighted by Crippen LogP contribution is -2.19. The lowest BCUT2D eigenvalue weighted by molar-refractivity contribution is 0.527. The van der Waals surface area contributed by atoms with Crippen LogP contribution in [-0.2, 0) is 0 Å². The SMILES string of the molecule is CCCCCCCCNC(C)c1ccc2[nH]c(=O)[nH]c2c1. The van der Waals surface area contributed by atoms with E-state index in [0.717, 1.165) is 17.6 Å². The van der Waals surface area contributed by atoms with Gasteiger partial charge in [-0.3, -0.25) is 0 Å². The normalized spacial score (nSPS) is 12.9. The lowest BCUT2D eigenvalue weighted by atomic mass is 10.1. The minimum atomic E-state index is -0.144. The number of hydrogen-bond donors (Lipinski definition) is 3. The molecule has 1 unspecified atom stereocenters. The minimum absolute atomic E-state index is 0.144. The molecule has 21 heavy (non-hydrogen) atoms. The second-order valence-electron chi connectivity index (χ2n) is 5.83. The van der Waals surface area contributed by atoms with E-state index in [0.29, 0.717) is 6.04 Å². The maximum atomic E-state index is 11.3. The highest BCUT2D eigenvalue weighted by Crippen LogP contribution is 2.17. The summed E-state index contributed by atoms with van der Waals surface area (Å²) in [5, 5.41) is 3.56. The van der Waals surface area contributed by atoms with Crippen molar-refractivity contribution < 1.29 is 0 Å². The Labute approximate surface area is 126 Å². The highest BCUT2D eigenvalue weighted by molar-refractivity contribution is 5.75. The van der Waals surface area contributed by atoms with Gasteiger partial charge in [0.05, 0.1) is 11.0 Å². The van der Waals surface area contributed by atoms with E-state index in [2.05, 4.69) is 35.2 Å². The van der Waals surface area contributed by atoms with Crippen molar-refractivity contribution >= 4 is 11.0 Å². The summed E-state index contributed by atoms with van der Waals surface area (Å²) < 4.78 is 0. The number of hydrogen-bond acceptors (Lipinski definition) is 2. The molecule has 2 rings (SSSR count). The van der Waals surface area contributed by atoms with Crippen molar-refractivity contribution in [2.75, 3.05) is 6.54 Å². The predicted molar refractivity (Wildman–Crippen MR) is 88.7 cm³/mol. The third-order valence-corrected chi connectivity index (χ3v) is 4.02. The Morgan fingerprint density at radius 2 is 1.76 bits per heavy atom. The summed E-state index contributed by atoms with van der Waals surface area (Å²) in [5.41, 5.74) is 2.82. The second-order valence-corrected chi connectivity index (χ2v) is 5.83. The van der Waals surface area contributed by atoms with Gasteiger partial charge in [-0.2, -0.15) is 0 Å². The molecule has 0 saturated heterocycles. The zero-order valence-corrected chi connectivity index (χ0v) is 13.2. The maximum absolute atomic E-state index is 11.3.